The Kier molecular flexibility index (Phi) is 46.0. The fourth-order valence-corrected chi connectivity index (χ4v) is 6.32. The SMILES string of the molecule is CC/C=C\C/C=C\C/C=C\C/C=C\C/C=C\CCCCCC(=O)OCC(COC(=O)CCCCCCC/C=C\CCCC)OC(=O)CC/C=C\C/C=C\CCCCCCCC. The van der Waals surface area contributed by atoms with Crippen molar-refractivity contribution in [2.24, 2.45) is 0 Å². The van der Waals surface area contributed by atoms with Crippen molar-refractivity contribution in [1.82, 2.24) is 0 Å². The van der Waals surface area contributed by atoms with Crippen molar-refractivity contribution >= 4 is 17.9 Å². The number of allylic oxidation sites excluding steroid dienone is 16. The van der Waals surface area contributed by atoms with Crippen LogP contribution in [0.3, 0.4) is 0 Å². The highest BCUT2D eigenvalue weighted by Gasteiger charge is 2.19. The average Bonchev–Trinajstić information content (AvgIpc) is 3.26. The zero-order chi connectivity index (χ0) is 44.4. The van der Waals surface area contributed by atoms with Crippen LogP contribution in [-0.4, -0.2) is 37.2 Å². The highest BCUT2D eigenvalue weighted by Crippen LogP contribution is 2.12. The minimum Gasteiger partial charge on any atom is -0.462 e. The predicted octanol–water partition coefficient (Wildman–Crippen LogP) is 16.2. The molecule has 0 aliphatic heterocycles. The first-order valence-electron chi connectivity index (χ1n) is 24.7. The maximum absolute atomic E-state index is 12.7. The lowest BCUT2D eigenvalue weighted by Gasteiger charge is -2.18. The van der Waals surface area contributed by atoms with E-state index in [1.807, 2.05) is 6.08 Å². The van der Waals surface area contributed by atoms with E-state index in [4.69, 9.17) is 14.2 Å². The van der Waals surface area contributed by atoms with Gasteiger partial charge in [0.05, 0.1) is 0 Å². The van der Waals surface area contributed by atoms with Crippen molar-refractivity contribution < 1.29 is 28.6 Å². The van der Waals surface area contributed by atoms with Gasteiger partial charge in [-0.2, -0.15) is 0 Å². The number of unbranched alkanes of at least 4 members (excludes halogenated alkanes) is 16. The molecule has 0 aliphatic rings. The van der Waals surface area contributed by atoms with Crippen LogP contribution in [0.5, 0.6) is 0 Å². The number of rotatable bonds is 43. The lowest BCUT2D eigenvalue weighted by atomic mass is 10.1. The summed E-state index contributed by atoms with van der Waals surface area (Å²) in [6, 6.07) is 0. The van der Waals surface area contributed by atoms with E-state index in [0.29, 0.717) is 19.3 Å². The summed E-state index contributed by atoms with van der Waals surface area (Å²) in [4.78, 5) is 37.8. The van der Waals surface area contributed by atoms with Crippen LogP contribution >= 0.6 is 0 Å². The summed E-state index contributed by atoms with van der Waals surface area (Å²) in [7, 11) is 0. The lowest BCUT2D eigenvalue weighted by Crippen LogP contribution is -2.30. The van der Waals surface area contributed by atoms with Crippen LogP contribution in [0.2, 0.25) is 0 Å². The molecule has 0 bridgehead atoms. The maximum Gasteiger partial charge on any atom is 0.306 e. The predicted molar refractivity (Wildman–Crippen MR) is 260 cm³/mol. The third-order valence-electron chi connectivity index (χ3n) is 10.1. The minimum atomic E-state index is -0.824. The molecule has 1 unspecified atom stereocenters. The quantitative estimate of drug-likeness (QED) is 0.0263. The van der Waals surface area contributed by atoms with E-state index < -0.39 is 12.1 Å². The van der Waals surface area contributed by atoms with Crippen molar-refractivity contribution in [3.05, 3.63) is 97.2 Å². The van der Waals surface area contributed by atoms with Crippen LogP contribution in [0.25, 0.3) is 0 Å². The van der Waals surface area contributed by atoms with Gasteiger partial charge in [0.2, 0.25) is 0 Å². The van der Waals surface area contributed by atoms with E-state index in [9.17, 15) is 14.4 Å². The Labute approximate surface area is 375 Å². The van der Waals surface area contributed by atoms with Crippen LogP contribution in [0, 0.1) is 0 Å². The highest BCUT2D eigenvalue weighted by molar-refractivity contribution is 5.71. The molecular weight excluding hydrogens is 757 g/mol. The summed E-state index contributed by atoms with van der Waals surface area (Å²) < 4.78 is 16.7. The first-order chi connectivity index (χ1) is 30.0. The zero-order valence-electron chi connectivity index (χ0n) is 39.4. The molecule has 0 amide bonds. The molecule has 1 atom stereocenters. The fraction of sp³-hybridized carbons (Fsp3) is 0.655. The monoisotopic (exact) mass is 847 g/mol. The lowest BCUT2D eigenvalue weighted by molar-refractivity contribution is -0.166. The van der Waals surface area contributed by atoms with Crippen molar-refractivity contribution in [2.45, 2.75) is 219 Å². The molecule has 0 saturated carbocycles. The van der Waals surface area contributed by atoms with Crippen LogP contribution in [0.4, 0.5) is 0 Å². The second-order valence-electron chi connectivity index (χ2n) is 16.0. The first-order valence-corrected chi connectivity index (χ1v) is 24.7. The van der Waals surface area contributed by atoms with Crippen LogP contribution in [0.15, 0.2) is 97.2 Å². The van der Waals surface area contributed by atoms with E-state index in [0.717, 1.165) is 103 Å². The van der Waals surface area contributed by atoms with Gasteiger partial charge in [-0.15, -0.1) is 0 Å². The smallest absolute Gasteiger partial charge is 0.306 e. The van der Waals surface area contributed by atoms with Crippen molar-refractivity contribution in [2.75, 3.05) is 13.2 Å². The van der Waals surface area contributed by atoms with Crippen LogP contribution < -0.4 is 0 Å². The van der Waals surface area contributed by atoms with Gasteiger partial charge in [-0.1, -0.05) is 189 Å². The molecule has 0 rings (SSSR count). The maximum atomic E-state index is 12.7. The Hall–Kier alpha value is -3.67. The van der Waals surface area contributed by atoms with Crippen molar-refractivity contribution in [3.8, 4) is 0 Å². The molecule has 0 aromatic heterocycles. The largest absolute Gasteiger partial charge is 0.462 e. The van der Waals surface area contributed by atoms with Gasteiger partial charge in [-0.25, -0.2) is 0 Å². The van der Waals surface area contributed by atoms with Gasteiger partial charge in [0, 0.05) is 19.3 Å². The molecule has 0 radical (unpaired) electrons. The molecule has 0 N–H and O–H groups in total. The molecule has 0 heterocycles. The Morgan fingerprint density at radius 1 is 0.344 bits per heavy atom. The Morgan fingerprint density at radius 2 is 0.689 bits per heavy atom. The summed E-state index contributed by atoms with van der Waals surface area (Å²) >= 11 is 0. The van der Waals surface area contributed by atoms with Gasteiger partial charge in [-0.05, 0) is 103 Å². The first kappa shape index (κ1) is 57.3. The standard InChI is InChI=1S/C55H90O6/c1-4-7-10-13-16-19-22-24-25-26-27-28-29-31-33-36-39-42-45-48-54(57)60-51-52(50-59-53(56)47-44-41-38-35-32-21-18-15-12-9-6-3)61-55(58)49-46-43-40-37-34-30-23-20-17-14-11-8-5-2/h7,10,15-16,18-19,24-25,27-28,30-31,33-34,40,43,52H,4-6,8-9,11-14,17,20-23,26,29,32,35-39,41-42,44-51H2,1-3H3/b10-7-,18-15-,19-16-,25-24-,28-27-,33-31-,34-30-,43-40-. The second-order valence-corrected chi connectivity index (χ2v) is 16.0. The molecule has 0 spiro atoms. The number of carbonyl (C=O) groups is 3. The Morgan fingerprint density at radius 3 is 1.15 bits per heavy atom. The van der Waals surface area contributed by atoms with E-state index in [1.54, 1.807) is 0 Å². The summed E-state index contributed by atoms with van der Waals surface area (Å²) in [6.07, 6.45) is 64.0. The second kappa shape index (κ2) is 49.0. The average molecular weight is 847 g/mol. The van der Waals surface area contributed by atoms with E-state index in [-0.39, 0.29) is 31.6 Å². The molecule has 6 heteroatoms. The molecule has 346 valence electrons. The summed E-state index contributed by atoms with van der Waals surface area (Å²) in [5.41, 5.74) is 0. The summed E-state index contributed by atoms with van der Waals surface area (Å²) in [6.45, 7) is 6.37. The molecule has 6 nitrogen and oxygen atoms in total. The summed E-state index contributed by atoms with van der Waals surface area (Å²) in [5, 5.41) is 0. The number of ether oxygens (including phenoxy) is 3. The Balaban J connectivity index is 4.50. The van der Waals surface area contributed by atoms with Gasteiger partial charge in [0.1, 0.15) is 13.2 Å². The number of hydrogen-bond acceptors (Lipinski definition) is 6. The van der Waals surface area contributed by atoms with Crippen LogP contribution in [-0.2, 0) is 28.6 Å². The van der Waals surface area contributed by atoms with Gasteiger partial charge in [0.25, 0.3) is 0 Å². The molecule has 0 fully saturated rings. The normalized spacial score (nSPS) is 12.9. The third-order valence-corrected chi connectivity index (χ3v) is 10.1. The van der Waals surface area contributed by atoms with Crippen molar-refractivity contribution in [3.63, 3.8) is 0 Å². The molecule has 0 aromatic rings. The molecule has 0 aliphatic carbocycles. The molecule has 0 aromatic carbocycles. The number of carbonyl (C=O) groups excluding carboxylic acids is 3. The minimum absolute atomic E-state index is 0.116. The molecule has 0 saturated heterocycles. The highest BCUT2D eigenvalue weighted by atomic mass is 16.6. The van der Waals surface area contributed by atoms with Crippen LogP contribution in [0.1, 0.15) is 213 Å². The van der Waals surface area contributed by atoms with Gasteiger partial charge in [-0.3, -0.25) is 14.4 Å². The van der Waals surface area contributed by atoms with E-state index >= 15 is 0 Å². The molecule has 61 heavy (non-hydrogen) atoms. The van der Waals surface area contributed by atoms with Gasteiger partial charge >= 0.3 is 17.9 Å². The van der Waals surface area contributed by atoms with E-state index in [1.165, 1.54) is 64.2 Å². The topological polar surface area (TPSA) is 78.9 Å². The van der Waals surface area contributed by atoms with Gasteiger partial charge < -0.3 is 14.2 Å². The summed E-state index contributed by atoms with van der Waals surface area (Å²) in [5.74, 6) is -1.03. The van der Waals surface area contributed by atoms with Gasteiger partial charge in [0.15, 0.2) is 6.10 Å². The fourth-order valence-electron chi connectivity index (χ4n) is 6.32. The van der Waals surface area contributed by atoms with Crippen molar-refractivity contribution in [1.29, 1.82) is 0 Å². The zero-order valence-corrected chi connectivity index (χ0v) is 39.4. The number of esters is 3. The number of hydrogen-bond donors (Lipinski definition) is 0. The van der Waals surface area contributed by atoms with E-state index in [2.05, 4.69) is 112 Å². The Bertz CT molecular complexity index is 1250. The third kappa shape index (κ3) is 47.2. The molecular formula is C55H90O6.